The van der Waals surface area contributed by atoms with Crippen molar-refractivity contribution in [3.63, 3.8) is 0 Å². The van der Waals surface area contributed by atoms with Crippen LogP contribution in [0.1, 0.15) is 53.5 Å². The highest BCUT2D eigenvalue weighted by Crippen LogP contribution is 2.27. The molecule has 0 bridgehead atoms. The fourth-order valence-electron chi connectivity index (χ4n) is 4.48. The van der Waals surface area contributed by atoms with Gasteiger partial charge in [0.1, 0.15) is 12.4 Å². The number of carbonyl (C=O) groups is 3. The van der Waals surface area contributed by atoms with Crippen LogP contribution in [-0.2, 0) is 16.1 Å². The smallest absolute Gasteiger partial charge is 0.336 e. The van der Waals surface area contributed by atoms with Crippen LogP contribution in [0, 0.1) is 5.92 Å². The molecule has 0 fully saturated rings. The fourth-order valence-corrected chi connectivity index (χ4v) is 4.48. The molecular weight excluding hydrogens is 474 g/mol. The number of likely N-dealkylation sites (N-methyl/N-ethyl adjacent to an activating group) is 1. The molecule has 2 aromatic carbocycles. The molecule has 1 aliphatic rings. The van der Waals surface area contributed by atoms with Gasteiger partial charge in [-0.15, -0.1) is 0 Å². The van der Waals surface area contributed by atoms with Crippen LogP contribution in [-0.4, -0.2) is 78.7 Å². The highest BCUT2D eigenvalue weighted by Gasteiger charge is 2.29. The molecule has 2 N–H and O–H groups in total. The first kappa shape index (κ1) is 28.1. The van der Waals surface area contributed by atoms with E-state index in [-0.39, 0.29) is 42.0 Å². The number of carboxylic acids is 1. The Morgan fingerprint density at radius 1 is 1.16 bits per heavy atom. The van der Waals surface area contributed by atoms with Gasteiger partial charge in [-0.1, -0.05) is 32.0 Å². The number of methoxy groups -OCH3 is 1. The summed E-state index contributed by atoms with van der Waals surface area (Å²) in [4.78, 5) is 40.9. The van der Waals surface area contributed by atoms with Crippen molar-refractivity contribution < 1.29 is 29.0 Å². The van der Waals surface area contributed by atoms with E-state index in [4.69, 9.17) is 9.47 Å². The first-order valence-electron chi connectivity index (χ1n) is 12.5. The number of carboxylic acid groups (broad SMARTS) is 1. The zero-order valence-electron chi connectivity index (χ0n) is 22.2. The number of amides is 2. The lowest BCUT2D eigenvalue weighted by Gasteiger charge is -2.36. The van der Waals surface area contributed by atoms with Crippen molar-refractivity contribution in [1.82, 2.24) is 9.80 Å². The second-order valence-corrected chi connectivity index (χ2v) is 9.60. The second kappa shape index (κ2) is 12.7. The third-order valence-corrected chi connectivity index (χ3v) is 6.80. The standard InChI is InChI=1S/C28H37N3O6/c1-6-26(32)29-21-11-12-24-23(13-21)27(33)30(4)16-25(36-5)18(2)14-31(19(3)17-37-24)15-20-9-7-8-10-22(20)28(34)35/h7-13,18-19,25H,6,14-17H2,1-5H3,(H,29,32)(H,34,35)/t18-,19-,25+/m0/s1. The van der Waals surface area contributed by atoms with E-state index in [0.29, 0.717) is 43.1 Å². The van der Waals surface area contributed by atoms with Gasteiger partial charge in [0, 0.05) is 51.9 Å². The van der Waals surface area contributed by atoms with Crippen LogP contribution in [0.3, 0.4) is 0 Å². The lowest BCUT2D eigenvalue weighted by Crippen LogP contribution is -2.46. The molecule has 1 heterocycles. The average Bonchev–Trinajstić information content (AvgIpc) is 2.89. The number of aromatic carboxylic acids is 1. The van der Waals surface area contributed by atoms with Crippen LogP contribution in [0.25, 0.3) is 0 Å². The summed E-state index contributed by atoms with van der Waals surface area (Å²) in [5.74, 6) is -0.872. The largest absolute Gasteiger partial charge is 0.491 e. The van der Waals surface area contributed by atoms with Crippen LogP contribution < -0.4 is 10.1 Å². The lowest BCUT2D eigenvalue weighted by molar-refractivity contribution is -0.115. The maximum Gasteiger partial charge on any atom is 0.336 e. The molecule has 200 valence electrons. The Morgan fingerprint density at radius 2 is 1.89 bits per heavy atom. The maximum atomic E-state index is 13.4. The highest BCUT2D eigenvalue weighted by molar-refractivity contribution is 5.99. The Labute approximate surface area is 218 Å². The predicted molar refractivity (Wildman–Crippen MR) is 141 cm³/mol. The summed E-state index contributed by atoms with van der Waals surface area (Å²) >= 11 is 0. The first-order valence-corrected chi connectivity index (χ1v) is 12.5. The highest BCUT2D eigenvalue weighted by atomic mass is 16.5. The summed E-state index contributed by atoms with van der Waals surface area (Å²) in [5.41, 5.74) is 1.88. The van der Waals surface area contributed by atoms with E-state index >= 15 is 0 Å². The van der Waals surface area contributed by atoms with E-state index in [1.165, 1.54) is 0 Å². The Hall–Kier alpha value is -3.43. The Bertz CT molecular complexity index is 1120. The molecule has 2 amide bonds. The topological polar surface area (TPSA) is 108 Å². The van der Waals surface area contributed by atoms with E-state index in [1.807, 2.05) is 19.1 Å². The first-order chi connectivity index (χ1) is 17.6. The SMILES string of the molecule is CCC(=O)Nc1ccc2c(c1)C(=O)N(C)C[C@@H](OC)[C@@H](C)CN(Cc1ccccc1C(=O)O)[C@@H](C)CO2. The van der Waals surface area contributed by atoms with Gasteiger partial charge in [0.15, 0.2) is 0 Å². The molecule has 0 unspecified atom stereocenters. The van der Waals surface area contributed by atoms with Crippen LogP contribution in [0.2, 0.25) is 0 Å². The van der Waals surface area contributed by atoms with Gasteiger partial charge < -0.3 is 24.8 Å². The van der Waals surface area contributed by atoms with Crippen molar-refractivity contribution in [1.29, 1.82) is 0 Å². The minimum Gasteiger partial charge on any atom is -0.491 e. The summed E-state index contributed by atoms with van der Waals surface area (Å²) in [6, 6.07) is 12.0. The van der Waals surface area contributed by atoms with E-state index in [2.05, 4.69) is 17.1 Å². The maximum absolute atomic E-state index is 13.4. The molecular formula is C28H37N3O6. The molecule has 0 saturated carbocycles. The Morgan fingerprint density at radius 3 is 2.57 bits per heavy atom. The van der Waals surface area contributed by atoms with Gasteiger partial charge in [-0.05, 0) is 42.7 Å². The zero-order valence-corrected chi connectivity index (χ0v) is 22.2. The molecule has 3 atom stereocenters. The monoisotopic (exact) mass is 511 g/mol. The minimum atomic E-state index is -0.961. The van der Waals surface area contributed by atoms with Crippen molar-refractivity contribution in [2.24, 2.45) is 5.92 Å². The Kier molecular flexibility index (Phi) is 9.66. The molecule has 0 radical (unpaired) electrons. The molecule has 3 rings (SSSR count). The van der Waals surface area contributed by atoms with Crippen molar-refractivity contribution in [2.75, 3.05) is 39.2 Å². The summed E-state index contributed by atoms with van der Waals surface area (Å²) < 4.78 is 12.0. The molecule has 2 aromatic rings. The van der Waals surface area contributed by atoms with Gasteiger partial charge in [0.05, 0.1) is 17.2 Å². The summed E-state index contributed by atoms with van der Waals surface area (Å²) in [6.45, 7) is 7.53. The van der Waals surface area contributed by atoms with E-state index in [1.54, 1.807) is 56.3 Å². The zero-order chi connectivity index (χ0) is 27.1. The molecule has 9 heteroatoms. The second-order valence-electron chi connectivity index (χ2n) is 9.60. The van der Waals surface area contributed by atoms with Crippen molar-refractivity contribution in [3.05, 3.63) is 59.2 Å². The fraction of sp³-hybridized carbons (Fsp3) is 0.464. The third kappa shape index (κ3) is 7.08. The van der Waals surface area contributed by atoms with Crippen LogP contribution in [0.5, 0.6) is 5.75 Å². The number of hydrogen-bond acceptors (Lipinski definition) is 6. The number of hydrogen-bond donors (Lipinski definition) is 2. The summed E-state index contributed by atoms with van der Waals surface area (Å²) in [7, 11) is 3.35. The van der Waals surface area contributed by atoms with E-state index in [0.717, 1.165) is 5.56 Å². The van der Waals surface area contributed by atoms with Crippen molar-refractivity contribution in [3.8, 4) is 5.75 Å². The molecule has 0 aromatic heterocycles. The van der Waals surface area contributed by atoms with Gasteiger partial charge in [-0.3, -0.25) is 14.5 Å². The number of fused-ring (bicyclic) bond motifs is 1. The van der Waals surface area contributed by atoms with E-state index < -0.39 is 5.97 Å². The van der Waals surface area contributed by atoms with Gasteiger partial charge in [-0.2, -0.15) is 0 Å². The minimum absolute atomic E-state index is 0.0359. The van der Waals surface area contributed by atoms with Crippen LogP contribution in [0.4, 0.5) is 5.69 Å². The molecule has 0 aliphatic carbocycles. The summed E-state index contributed by atoms with van der Waals surface area (Å²) in [5, 5.41) is 12.5. The molecule has 37 heavy (non-hydrogen) atoms. The van der Waals surface area contributed by atoms with Crippen molar-refractivity contribution >= 4 is 23.5 Å². The van der Waals surface area contributed by atoms with Crippen molar-refractivity contribution in [2.45, 2.75) is 45.9 Å². The quantitative estimate of drug-likeness (QED) is 0.608. The Balaban J connectivity index is 1.97. The number of anilines is 1. The molecule has 0 spiro atoms. The normalized spacial score (nSPS) is 21.3. The number of rotatable bonds is 6. The third-order valence-electron chi connectivity index (χ3n) is 6.80. The molecule has 9 nitrogen and oxygen atoms in total. The predicted octanol–water partition coefficient (Wildman–Crippen LogP) is 3.74. The molecule has 1 aliphatic heterocycles. The van der Waals surface area contributed by atoms with Crippen LogP contribution >= 0.6 is 0 Å². The number of carbonyl (C=O) groups excluding carboxylic acids is 2. The van der Waals surface area contributed by atoms with Gasteiger partial charge in [-0.25, -0.2) is 4.79 Å². The van der Waals surface area contributed by atoms with Gasteiger partial charge in [0.2, 0.25) is 5.91 Å². The average molecular weight is 512 g/mol. The van der Waals surface area contributed by atoms with Crippen LogP contribution in [0.15, 0.2) is 42.5 Å². The number of ether oxygens (including phenoxy) is 2. The lowest BCUT2D eigenvalue weighted by atomic mass is 10.00. The number of nitrogens with one attached hydrogen (secondary N) is 1. The van der Waals surface area contributed by atoms with E-state index in [9.17, 15) is 19.5 Å². The number of nitrogens with zero attached hydrogens (tertiary/aromatic N) is 2. The van der Waals surface area contributed by atoms with Gasteiger partial charge in [0.25, 0.3) is 5.91 Å². The number of benzene rings is 2. The summed E-state index contributed by atoms with van der Waals surface area (Å²) in [6.07, 6.45) is 0.0813. The molecule has 0 saturated heterocycles. The van der Waals surface area contributed by atoms with Gasteiger partial charge >= 0.3 is 5.97 Å².